The Morgan fingerprint density at radius 3 is 2.29 bits per heavy atom. The fraction of sp³-hybridized carbons (Fsp3) is 0.923. The highest BCUT2D eigenvalue weighted by atomic mass is 16.6. The lowest BCUT2D eigenvalue weighted by molar-refractivity contribution is -0.152. The van der Waals surface area contributed by atoms with E-state index >= 15 is 0 Å². The zero-order valence-corrected chi connectivity index (χ0v) is 11.9. The summed E-state index contributed by atoms with van der Waals surface area (Å²) in [5.74, 6) is -0.177. The lowest BCUT2D eigenvalue weighted by atomic mass is 9.87. The van der Waals surface area contributed by atoms with Gasteiger partial charge in [0.2, 0.25) is 0 Å². The molecule has 100 valence electrons. The Labute approximate surface area is 104 Å². The largest absolute Gasteiger partial charge is 0.463 e. The lowest BCUT2D eigenvalue weighted by Crippen LogP contribution is -2.48. The first-order valence-electron chi connectivity index (χ1n) is 6.13. The van der Waals surface area contributed by atoms with Crippen molar-refractivity contribution in [3.63, 3.8) is 0 Å². The minimum absolute atomic E-state index is 0.0362. The maximum atomic E-state index is 12.1. The van der Waals surface area contributed by atoms with Crippen LogP contribution in [0.5, 0.6) is 0 Å². The summed E-state index contributed by atoms with van der Waals surface area (Å²) in [6.45, 7) is 9.33. The summed E-state index contributed by atoms with van der Waals surface area (Å²) < 4.78 is 10.1. The molecule has 0 aliphatic carbocycles. The summed E-state index contributed by atoms with van der Waals surface area (Å²) >= 11 is 0. The number of carbonyl (C=O) groups is 1. The molecular weight excluding hydrogens is 218 g/mol. The molecule has 0 aromatic carbocycles. The van der Waals surface area contributed by atoms with Crippen LogP contribution in [0.25, 0.3) is 0 Å². The van der Waals surface area contributed by atoms with E-state index in [4.69, 9.17) is 9.47 Å². The maximum absolute atomic E-state index is 12.1. The quantitative estimate of drug-likeness (QED) is 0.556. The van der Waals surface area contributed by atoms with Gasteiger partial charge >= 0.3 is 5.97 Å². The standard InChI is InChI=1S/C13H25NO3/c1-12(2)9-10(13(3,4)14(12)5)11(15)17-8-7-16-6/h10H,7-9H2,1-6H3/t10-/m0/s1. The molecule has 1 aliphatic heterocycles. The number of rotatable bonds is 4. The minimum Gasteiger partial charge on any atom is -0.463 e. The van der Waals surface area contributed by atoms with Gasteiger partial charge in [-0.05, 0) is 41.2 Å². The van der Waals surface area contributed by atoms with Gasteiger partial charge in [-0.2, -0.15) is 0 Å². The molecule has 0 saturated carbocycles. The van der Waals surface area contributed by atoms with E-state index in [1.807, 2.05) is 0 Å². The summed E-state index contributed by atoms with van der Waals surface area (Å²) in [5.41, 5.74) is -0.123. The van der Waals surface area contributed by atoms with Crippen LogP contribution in [-0.4, -0.2) is 49.3 Å². The van der Waals surface area contributed by atoms with Crippen LogP contribution in [0.4, 0.5) is 0 Å². The molecule has 0 radical (unpaired) electrons. The van der Waals surface area contributed by atoms with Crippen molar-refractivity contribution in [2.75, 3.05) is 27.4 Å². The first-order chi connectivity index (χ1) is 7.73. The van der Waals surface area contributed by atoms with Crippen LogP contribution in [0, 0.1) is 5.92 Å². The molecule has 1 atom stereocenters. The Morgan fingerprint density at radius 2 is 1.88 bits per heavy atom. The third-order valence-electron chi connectivity index (χ3n) is 4.15. The highest BCUT2D eigenvalue weighted by Gasteiger charge is 2.52. The molecular formula is C13H25NO3. The fourth-order valence-corrected chi connectivity index (χ4v) is 2.60. The zero-order chi connectivity index (χ0) is 13.3. The second kappa shape index (κ2) is 4.94. The van der Waals surface area contributed by atoms with Gasteiger partial charge in [0, 0.05) is 18.2 Å². The van der Waals surface area contributed by atoms with Crippen LogP contribution < -0.4 is 0 Å². The predicted octanol–water partition coefficient (Wildman–Crippen LogP) is 1.68. The minimum atomic E-state index is -0.159. The van der Waals surface area contributed by atoms with E-state index in [9.17, 15) is 4.79 Å². The van der Waals surface area contributed by atoms with Gasteiger partial charge in [0.1, 0.15) is 6.61 Å². The van der Waals surface area contributed by atoms with Crippen molar-refractivity contribution >= 4 is 5.97 Å². The van der Waals surface area contributed by atoms with Gasteiger partial charge in [-0.15, -0.1) is 0 Å². The van der Waals surface area contributed by atoms with Gasteiger partial charge in [-0.25, -0.2) is 0 Å². The van der Waals surface area contributed by atoms with Crippen LogP contribution in [0.1, 0.15) is 34.1 Å². The van der Waals surface area contributed by atoms with Crippen LogP contribution in [0.15, 0.2) is 0 Å². The van der Waals surface area contributed by atoms with E-state index < -0.39 is 0 Å². The van der Waals surface area contributed by atoms with Gasteiger partial charge in [0.15, 0.2) is 0 Å². The SMILES string of the molecule is COCCOC(=O)[C@@H]1CC(C)(C)N(C)C1(C)C. The number of esters is 1. The highest BCUT2D eigenvalue weighted by molar-refractivity contribution is 5.74. The van der Waals surface area contributed by atoms with Gasteiger partial charge in [-0.1, -0.05) is 0 Å². The van der Waals surface area contributed by atoms with Gasteiger partial charge in [-0.3, -0.25) is 9.69 Å². The van der Waals surface area contributed by atoms with Crippen LogP contribution in [0.2, 0.25) is 0 Å². The first-order valence-corrected chi connectivity index (χ1v) is 6.13. The van der Waals surface area contributed by atoms with Crippen LogP contribution in [0.3, 0.4) is 0 Å². The molecule has 0 amide bonds. The molecule has 0 aromatic rings. The Kier molecular flexibility index (Phi) is 4.20. The Balaban J connectivity index is 2.68. The summed E-state index contributed by atoms with van der Waals surface area (Å²) in [6.07, 6.45) is 0.836. The molecule has 0 aromatic heterocycles. The molecule has 4 nitrogen and oxygen atoms in total. The van der Waals surface area contributed by atoms with Crippen molar-refractivity contribution < 1.29 is 14.3 Å². The zero-order valence-electron chi connectivity index (χ0n) is 11.9. The van der Waals surface area contributed by atoms with E-state index in [1.54, 1.807) is 7.11 Å². The second-order valence-corrected chi connectivity index (χ2v) is 5.94. The Hall–Kier alpha value is -0.610. The molecule has 0 spiro atoms. The van der Waals surface area contributed by atoms with E-state index in [0.29, 0.717) is 13.2 Å². The molecule has 1 fully saturated rings. The Morgan fingerprint density at radius 1 is 1.29 bits per heavy atom. The normalized spacial score (nSPS) is 27.1. The molecule has 0 bridgehead atoms. The summed E-state index contributed by atoms with van der Waals surface area (Å²) in [5, 5.41) is 0. The van der Waals surface area contributed by atoms with Gasteiger partial charge in [0.25, 0.3) is 0 Å². The third-order valence-corrected chi connectivity index (χ3v) is 4.15. The van der Waals surface area contributed by atoms with Crippen molar-refractivity contribution in [2.24, 2.45) is 5.92 Å². The topological polar surface area (TPSA) is 38.8 Å². The number of hydrogen-bond donors (Lipinski definition) is 0. The molecule has 1 aliphatic rings. The predicted molar refractivity (Wildman–Crippen MR) is 66.9 cm³/mol. The van der Waals surface area contributed by atoms with E-state index in [2.05, 4.69) is 39.6 Å². The molecule has 4 heteroatoms. The van der Waals surface area contributed by atoms with Crippen molar-refractivity contribution in [3.8, 4) is 0 Å². The van der Waals surface area contributed by atoms with E-state index in [0.717, 1.165) is 6.42 Å². The van der Waals surface area contributed by atoms with Gasteiger partial charge in [0.05, 0.1) is 12.5 Å². The van der Waals surface area contributed by atoms with Crippen molar-refractivity contribution in [3.05, 3.63) is 0 Å². The molecule has 0 unspecified atom stereocenters. The monoisotopic (exact) mass is 243 g/mol. The smallest absolute Gasteiger partial charge is 0.310 e. The average Bonchev–Trinajstić information content (AvgIpc) is 2.39. The number of methoxy groups -OCH3 is 1. The number of carbonyl (C=O) groups excluding carboxylic acids is 1. The lowest BCUT2D eigenvalue weighted by Gasteiger charge is -2.37. The molecule has 0 N–H and O–H groups in total. The van der Waals surface area contributed by atoms with E-state index in [-0.39, 0.29) is 23.0 Å². The summed E-state index contributed by atoms with van der Waals surface area (Å²) in [4.78, 5) is 14.3. The maximum Gasteiger partial charge on any atom is 0.310 e. The Bertz CT molecular complexity index is 286. The molecule has 17 heavy (non-hydrogen) atoms. The fourth-order valence-electron chi connectivity index (χ4n) is 2.60. The summed E-state index contributed by atoms with van der Waals surface area (Å²) in [6, 6.07) is 0. The summed E-state index contributed by atoms with van der Waals surface area (Å²) in [7, 11) is 3.67. The van der Waals surface area contributed by atoms with Crippen LogP contribution in [-0.2, 0) is 14.3 Å². The van der Waals surface area contributed by atoms with Crippen LogP contribution >= 0.6 is 0 Å². The average molecular weight is 243 g/mol. The number of hydrogen-bond acceptors (Lipinski definition) is 4. The first kappa shape index (κ1) is 14.5. The number of likely N-dealkylation sites (tertiary alicyclic amines) is 1. The van der Waals surface area contributed by atoms with Crippen molar-refractivity contribution in [1.82, 2.24) is 4.90 Å². The second-order valence-electron chi connectivity index (χ2n) is 5.94. The van der Waals surface area contributed by atoms with Crippen molar-refractivity contribution in [1.29, 1.82) is 0 Å². The van der Waals surface area contributed by atoms with E-state index in [1.165, 1.54) is 0 Å². The highest BCUT2D eigenvalue weighted by Crippen LogP contribution is 2.44. The number of ether oxygens (including phenoxy) is 2. The van der Waals surface area contributed by atoms with Crippen molar-refractivity contribution in [2.45, 2.75) is 45.2 Å². The van der Waals surface area contributed by atoms with Gasteiger partial charge < -0.3 is 9.47 Å². The molecule has 1 rings (SSSR count). The molecule has 1 saturated heterocycles. The molecule has 1 heterocycles. The number of nitrogens with zero attached hydrogens (tertiary/aromatic N) is 1. The third kappa shape index (κ3) is 2.80.